The molecule has 1 saturated heterocycles. The number of ether oxygens (including phenoxy) is 1. The first-order valence-electron chi connectivity index (χ1n) is 6.87. The molecule has 1 aliphatic heterocycles. The number of hydrogen-bond acceptors (Lipinski definition) is 5. The summed E-state index contributed by atoms with van der Waals surface area (Å²) in [4.78, 5) is 11.1. The van der Waals surface area contributed by atoms with Crippen LogP contribution in [0.1, 0.15) is 25.7 Å². The maximum Gasteiger partial charge on any atom is 0.148 e. The molecule has 1 aliphatic carbocycles. The van der Waals surface area contributed by atoms with Crippen LogP contribution in [0.4, 0.5) is 11.6 Å². The summed E-state index contributed by atoms with van der Waals surface area (Å²) in [5.74, 6) is 1.82. The average molecular weight is 327 g/mol. The zero-order valence-corrected chi connectivity index (χ0v) is 12.7. The van der Waals surface area contributed by atoms with E-state index in [0.717, 1.165) is 29.3 Å². The normalized spacial score (nSPS) is 26.9. The molecular weight excluding hydrogens is 308 g/mol. The summed E-state index contributed by atoms with van der Waals surface area (Å²) >= 11 is 3.62. The molecule has 1 aromatic rings. The van der Waals surface area contributed by atoms with Gasteiger partial charge in [-0.25, -0.2) is 9.97 Å². The van der Waals surface area contributed by atoms with Gasteiger partial charge in [-0.2, -0.15) is 0 Å². The predicted molar refractivity (Wildman–Crippen MR) is 78.6 cm³/mol. The summed E-state index contributed by atoms with van der Waals surface area (Å²) in [5.41, 5.74) is 0. The first kappa shape index (κ1) is 13.1. The molecule has 104 valence electrons. The second-order valence-corrected chi connectivity index (χ2v) is 5.86. The van der Waals surface area contributed by atoms with Gasteiger partial charge in [-0.3, -0.25) is 0 Å². The Labute approximate surface area is 121 Å². The highest BCUT2D eigenvalue weighted by molar-refractivity contribution is 9.10. The Morgan fingerprint density at radius 3 is 3.05 bits per heavy atom. The molecule has 2 heterocycles. The Morgan fingerprint density at radius 2 is 2.21 bits per heavy atom. The average Bonchev–Trinajstić information content (AvgIpc) is 2.47. The van der Waals surface area contributed by atoms with Gasteiger partial charge >= 0.3 is 0 Å². The number of anilines is 2. The van der Waals surface area contributed by atoms with Gasteiger partial charge in [0, 0.05) is 13.6 Å². The number of nitrogens with zero attached hydrogens (tertiary/aromatic N) is 3. The molecule has 2 fully saturated rings. The third-order valence-electron chi connectivity index (χ3n) is 4.01. The highest BCUT2D eigenvalue weighted by Crippen LogP contribution is 2.36. The molecule has 0 spiro atoms. The maximum atomic E-state index is 5.91. The number of rotatable bonds is 2. The van der Waals surface area contributed by atoms with Crippen molar-refractivity contribution in [3.8, 4) is 0 Å². The Morgan fingerprint density at radius 1 is 1.37 bits per heavy atom. The number of morpholine rings is 1. The van der Waals surface area contributed by atoms with E-state index in [1.807, 2.05) is 7.05 Å². The summed E-state index contributed by atoms with van der Waals surface area (Å²) in [7, 11) is 1.87. The largest absolute Gasteiger partial charge is 0.374 e. The second-order valence-electron chi connectivity index (χ2n) is 5.06. The Balaban J connectivity index is 1.91. The van der Waals surface area contributed by atoms with Gasteiger partial charge in [0.2, 0.25) is 0 Å². The zero-order valence-electron chi connectivity index (χ0n) is 11.1. The summed E-state index contributed by atoms with van der Waals surface area (Å²) < 4.78 is 6.86. The lowest BCUT2D eigenvalue weighted by Gasteiger charge is -2.44. The number of nitrogens with one attached hydrogen (secondary N) is 1. The minimum absolute atomic E-state index is 0.363. The minimum Gasteiger partial charge on any atom is -0.374 e. The SMILES string of the molecule is CNc1ncnc(N2CCOC3CCCCC32)c1Br. The van der Waals surface area contributed by atoms with Gasteiger partial charge in [-0.1, -0.05) is 12.8 Å². The van der Waals surface area contributed by atoms with Crippen LogP contribution < -0.4 is 10.2 Å². The molecule has 2 aliphatic rings. The summed E-state index contributed by atoms with van der Waals surface area (Å²) in [6.45, 7) is 1.69. The van der Waals surface area contributed by atoms with Gasteiger partial charge in [-0.05, 0) is 28.8 Å². The highest BCUT2D eigenvalue weighted by atomic mass is 79.9. The molecule has 0 bridgehead atoms. The van der Waals surface area contributed by atoms with E-state index in [1.54, 1.807) is 6.33 Å². The highest BCUT2D eigenvalue weighted by Gasteiger charge is 2.35. The third-order valence-corrected chi connectivity index (χ3v) is 4.74. The van der Waals surface area contributed by atoms with Crippen LogP contribution in [0.2, 0.25) is 0 Å². The van der Waals surface area contributed by atoms with Crippen LogP contribution in [0.5, 0.6) is 0 Å². The maximum absolute atomic E-state index is 5.91. The smallest absolute Gasteiger partial charge is 0.148 e. The quantitative estimate of drug-likeness (QED) is 0.904. The van der Waals surface area contributed by atoms with Gasteiger partial charge in [0.05, 0.1) is 18.8 Å². The van der Waals surface area contributed by atoms with E-state index < -0.39 is 0 Å². The fourth-order valence-electron chi connectivity index (χ4n) is 3.09. The third kappa shape index (κ3) is 2.43. The molecule has 0 radical (unpaired) electrons. The Hall–Kier alpha value is -0.880. The van der Waals surface area contributed by atoms with Gasteiger partial charge in [-0.15, -0.1) is 0 Å². The van der Waals surface area contributed by atoms with Crippen LogP contribution in [0.15, 0.2) is 10.8 Å². The lowest BCUT2D eigenvalue weighted by atomic mass is 9.90. The molecule has 0 amide bonds. The van der Waals surface area contributed by atoms with Crippen LogP contribution in [-0.4, -0.2) is 42.3 Å². The van der Waals surface area contributed by atoms with E-state index in [9.17, 15) is 0 Å². The van der Waals surface area contributed by atoms with Crippen molar-refractivity contribution in [1.29, 1.82) is 0 Å². The lowest BCUT2D eigenvalue weighted by Crippen LogP contribution is -2.53. The first-order valence-corrected chi connectivity index (χ1v) is 7.67. The van der Waals surface area contributed by atoms with E-state index in [-0.39, 0.29) is 0 Å². The van der Waals surface area contributed by atoms with E-state index >= 15 is 0 Å². The molecule has 2 atom stereocenters. The van der Waals surface area contributed by atoms with Crippen molar-refractivity contribution in [3.05, 3.63) is 10.8 Å². The first-order chi connectivity index (χ1) is 9.31. The summed E-state index contributed by atoms with van der Waals surface area (Å²) in [6.07, 6.45) is 6.91. The van der Waals surface area contributed by atoms with Gasteiger partial charge in [0.15, 0.2) is 0 Å². The van der Waals surface area contributed by atoms with E-state index in [4.69, 9.17) is 4.74 Å². The van der Waals surface area contributed by atoms with Gasteiger partial charge < -0.3 is 15.0 Å². The van der Waals surface area contributed by atoms with Crippen molar-refractivity contribution in [1.82, 2.24) is 9.97 Å². The van der Waals surface area contributed by atoms with Crippen molar-refractivity contribution < 1.29 is 4.74 Å². The minimum atomic E-state index is 0.363. The number of hydrogen-bond donors (Lipinski definition) is 1. The van der Waals surface area contributed by atoms with Crippen LogP contribution in [-0.2, 0) is 4.74 Å². The fraction of sp³-hybridized carbons (Fsp3) is 0.692. The molecule has 3 rings (SSSR count). The predicted octanol–water partition coefficient (Wildman–Crippen LogP) is 2.43. The number of aromatic nitrogens is 2. The van der Waals surface area contributed by atoms with Crippen molar-refractivity contribution in [2.75, 3.05) is 30.4 Å². The molecule has 1 N–H and O–H groups in total. The van der Waals surface area contributed by atoms with E-state index in [0.29, 0.717) is 12.1 Å². The van der Waals surface area contributed by atoms with Crippen LogP contribution >= 0.6 is 15.9 Å². The van der Waals surface area contributed by atoms with Crippen LogP contribution in [0.25, 0.3) is 0 Å². The monoisotopic (exact) mass is 326 g/mol. The Kier molecular flexibility index (Phi) is 3.88. The molecular formula is C13H19BrN4O. The Bertz CT molecular complexity index is 454. The van der Waals surface area contributed by atoms with Crippen molar-refractivity contribution in [2.45, 2.75) is 37.8 Å². The number of fused-ring (bicyclic) bond motifs is 1. The summed E-state index contributed by atoms with van der Waals surface area (Å²) in [5, 5.41) is 3.09. The standard InChI is InChI=1S/C13H19BrN4O/c1-15-12-11(14)13(17-8-16-12)18-6-7-19-10-5-3-2-4-9(10)18/h8-10H,2-7H2,1H3,(H,15,16,17). The van der Waals surface area contributed by atoms with Crippen LogP contribution in [0.3, 0.4) is 0 Å². The fourth-order valence-corrected chi connectivity index (χ4v) is 3.73. The van der Waals surface area contributed by atoms with Crippen molar-refractivity contribution >= 4 is 27.6 Å². The van der Waals surface area contributed by atoms with Crippen molar-refractivity contribution in [2.24, 2.45) is 0 Å². The molecule has 0 aromatic carbocycles. The van der Waals surface area contributed by atoms with Crippen LogP contribution in [0, 0.1) is 0 Å². The van der Waals surface area contributed by atoms with E-state index in [1.165, 1.54) is 25.7 Å². The van der Waals surface area contributed by atoms with Crippen molar-refractivity contribution in [3.63, 3.8) is 0 Å². The topological polar surface area (TPSA) is 50.3 Å². The van der Waals surface area contributed by atoms with Gasteiger partial charge in [0.1, 0.15) is 22.4 Å². The molecule has 2 unspecified atom stereocenters. The molecule has 1 aromatic heterocycles. The van der Waals surface area contributed by atoms with Gasteiger partial charge in [0.25, 0.3) is 0 Å². The second kappa shape index (κ2) is 5.63. The van der Waals surface area contributed by atoms with E-state index in [2.05, 4.69) is 36.1 Å². The lowest BCUT2D eigenvalue weighted by molar-refractivity contribution is -0.00904. The number of halogens is 1. The summed E-state index contributed by atoms with van der Waals surface area (Å²) in [6, 6.07) is 0.457. The molecule has 5 nitrogen and oxygen atoms in total. The molecule has 6 heteroatoms. The molecule has 1 saturated carbocycles. The molecule has 19 heavy (non-hydrogen) atoms. The zero-order chi connectivity index (χ0) is 13.2.